The lowest BCUT2D eigenvalue weighted by molar-refractivity contribution is 0.203. The van der Waals surface area contributed by atoms with E-state index in [9.17, 15) is 4.39 Å². The Hall–Kier alpha value is -1.86. The Morgan fingerprint density at radius 1 is 1.06 bits per heavy atom. The van der Waals surface area contributed by atoms with Crippen molar-refractivity contribution < 1.29 is 4.39 Å². The topological polar surface area (TPSA) is 46.1 Å². The number of hydrogen-bond acceptors (Lipinski definition) is 4. The van der Waals surface area contributed by atoms with Crippen molar-refractivity contribution in [1.82, 2.24) is 20.4 Å². The van der Waals surface area contributed by atoms with Gasteiger partial charge >= 0.3 is 0 Å². The zero-order valence-electron chi connectivity index (χ0n) is 19.7. The molecule has 1 aromatic carbocycles. The predicted molar refractivity (Wildman–Crippen MR) is 128 cm³/mol. The number of piperazine rings is 1. The standard InChI is InChI=1S/C24H41FN6/c1-4-6-11-30-12-9-21(10-13-30)28-24(26-3)27-19-20-7-8-23(22(25)18-20)31-16-14-29(5-2)15-17-31/h7-8,18,21H,4-6,9-17,19H2,1-3H3,(H2,26,27,28). The van der Waals surface area contributed by atoms with E-state index in [0.717, 1.165) is 75.9 Å². The number of nitrogens with one attached hydrogen (secondary N) is 2. The Morgan fingerprint density at radius 3 is 2.42 bits per heavy atom. The first-order chi connectivity index (χ1) is 15.1. The number of nitrogens with zero attached hydrogens (tertiary/aromatic N) is 4. The van der Waals surface area contributed by atoms with Gasteiger partial charge in [-0.3, -0.25) is 4.99 Å². The van der Waals surface area contributed by atoms with E-state index in [1.54, 1.807) is 13.1 Å². The highest BCUT2D eigenvalue weighted by atomic mass is 19.1. The second kappa shape index (κ2) is 12.2. The maximum Gasteiger partial charge on any atom is 0.191 e. The maximum absolute atomic E-state index is 14.8. The van der Waals surface area contributed by atoms with Gasteiger partial charge in [-0.15, -0.1) is 0 Å². The molecule has 2 aliphatic heterocycles. The molecule has 0 amide bonds. The van der Waals surface area contributed by atoms with Crippen molar-refractivity contribution in [3.8, 4) is 0 Å². The first-order valence-corrected chi connectivity index (χ1v) is 12.1. The third-order valence-corrected chi connectivity index (χ3v) is 6.61. The number of guanidine groups is 1. The van der Waals surface area contributed by atoms with Crippen molar-refractivity contribution in [3.05, 3.63) is 29.6 Å². The van der Waals surface area contributed by atoms with E-state index in [1.165, 1.54) is 19.4 Å². The van der Waals surface area contributed by atoms with Crippen molar-refractivity contribution in [1.29, 1.82) is 0 Å². The van der Waals surface area contributed by atoms with Crippen LogP contribution in [0.4, 0.5) is 10.1 Å². The van der Waals surface area contributed by atoms with Crippen LogP contribution in [0.3, 0.4) is 0 Å². The largest absolute Gasteiger partial charge is 0.367 e. The van der Waals surface area contributed by atoms with Crippen LogP contribution in [0.25, 0.3) is 0 Å². The smallest absolute Gasteiger partial charge is 0.191 e. The molecular weight excluding hydrogens is 391 g/mol. The third-order valence-electron chi connectivity index (χ3n) is 6.61. The number of aliphatic imine (C=N–C) groups is 1. The fourth-order valence-electron chi connectivity index (χ4n) is 4.48. The normalized spacial score (nSPS) is 19.6. The Morgan fingerprint density at radius 2 is 1.81 bits per heavy atom. The van der Waals surface area contributed by atoms with Crippen LogP contribution >= 0.6 is 0 Å². The summed E-state index contributed by atoms with van der Waals surface area (Å²) in [5.41, 5.74) is 1.66. The van der Waals surface area contributed by atoms with Crippen molar-refractivity contribution in [2.24, 2.45) is 4.99 Å². The number of likely N-dealkylation sites (N-methyl/N-ethyl adjacent to an activating group) is 1. The minimum Gasteiger partial charge on any atom is -0.367 e. The van der Waals surface area contributed by atoms with Gasteiger partial charge in [0.05, 0.1) is 5.69 Å². The van der Waals surface area contributed by atoms with Crippen LogP contribution in [0.5, 0.6) is 0 Å². The molecule has 0 aromatic heterocycles. The second-order valence-corrected chi connectivity index (χ2v) is 8.75. The number of unbranched alkanes of at least 4 members (excludes halogenated alkanes) is 1. The van der Waals surface area contributed by atoms with Crippen LogP contribution in [0.15, 0.2) is 23.2 Å². The zero-order chi connectivity index (χ0) is 22.1. The molecule has 1 aromatic rings. The summed E-state index contributed by atoms with van der Waals surface area (Å²) >= 11 is 0. The molecule has 0 aliphatic carbocycles. The summed E-state index contributed by atoms with van der Waals surface area (Å²) in [6.07, 6.45) is 4.81. The SMILES string of the molecule is CCCCN1CCC(NC(=NC)NCc2ccc(N3CCN(CC)CC3)c(F)c2)CC1. The number of benzene rings is 1. The van der Waals surface area contributed by atoms with E-state index in [-0.39, 0.29) is 5.82 Å². The summed E-state index contributed by atoms with van der Waals surface area (Å²) in [5.74, 6) is 0.666. The molecule has 0 unspecified atom stereocenters. The predicted octanol–water partition coefficient (Wildman–Crippen LogP) is 2.90. The highest BCUT2D eigenvalue weighted by Gasteiger charge is 2.20. The zero-order valence-corrected chi connectivity index (χ0v) is 19.7. The van der Waals surface area contributed by atoms with Crippen molar-refractivity contribution >= 4 is 11.6 Å². The molecule has 7 heteroatoms. The minimum atomic E-state index is -0.133. The molecule has 6 nitrogen and oxygen atoms in total. The van der Waals surface area contributed by atoms with Crippen LogP contribution in [0, 0.1) is 5.82 Å². The van der Waals surface area contributed by atoms with E-state index < -0.39 is 0 Å². The molecule has 0 spiro atoms. The molecule has 2 fully saturated rings. The fraction of sp³-hybridized carbons (Fsp3) is 0.708. The molecule has 0 radical (unpaired) electrons. The fourth-order valence-corrected chi connectivity index (χ4v) is 4.48. The van der Waals surface area contributed by atoms with E-state index in [4.69, 9.17) is 0 Å². The summed E-state index contributed by atoms with van der Waals surface area (Å²) in [6, 6.07) is 6.06. The van der Waals surface area contributed by atoms with Gasteiger partial charge in [-0.1, -0.05) is 26.3 Å². The highest BCUT2D eigenvalue weighted by Crippen LogP contribution is 2.22. The lowest BCUT2D eigenvalue weighted by atomic mass is 10.0. The molecule has 0 saturated carbocycles. The molecule has 2 aliphatic rings. The van der Waals surface area contributed by atoms with Gasteiger partial charge in [-0.2, -0.15) is 0 Å². The van der Waals surface area contributed by atoms with Gasteiger partial charge in [-0.25, -0.2) is 4.39 Å². The quantitative estimate of drug-likeness (QED) is 0.489. The Labute approximate surface area is 187 Å². The first kappa shape index (κ1) is 23.8. The first-order valence-electron chi connectivity index (χ1n) is 12.1. The van der Waals surface area contributed by atoms with Gasteiger partial charge in [0.1, 0.15) is 5.82 Å². The van der Waals surface area contributed by atoms with Gasteiger partial charge in [-0.05, 0) is 50.0 Å². The Balaban J connectivity index is 1.45. The van der Waals surface area contributed by atoms with E-state index in [2.05, 4.69) is 44.2 Å². The van der Waals surface area contributed by atoms with Crippen molar-refractivity contribution in [3.63, 3.8) is 0 Å². The number of piperidine rings is 1. The van der Waals surface area contributed by atoms with Crippen LogP contribution in [-0.2, 0) is 6.54 Å². The van der Waals surface area contributed by atoms with E-state index >= 15 is 0 Å². The van der Waals surface area contributed by atoms with Gasteiger partial charge in [0.25, 0.3) is 0 Å². The Kier molecular flexibility index (Phi) is 9.40. The molecule has 2 heterocycles. The van der Waals surface area contributed by atoms with Gasteiger partial charge in [0.15, 0.2) is 5.96 Å². The lowest BCUT2D eigenvalue weighted by Gasteiger charge is -2.35. The summed E-state index contributed by atoms with van der Waals surface area (Å²) in [7, 11) is 1.80. The van der Waals surface area contributed by atoms with Gasteiger partial charge < -0.3 is 25.3 Å². The summed E-state index contributed by atoms with van der Waals surface area (Å²) in [6.45, 7) is 13.3. The molecule has 2 N–H and O–H groups in total. The molecule has 0 atom stereocenters. The third kappa shape index (κ3) is 7.07. The highest BCUT2D eigenvalue weighted by molar-refractivity contribution is 5.80. The van der Waals surface area contributed by atoms with Crippen molar-refractivity contribution in [2.45, 2.75) is 52.1 Å². The molecule has 31 heavy (non-hydrogen) atoms. The number of anilines is 1. The number of likely N-dealkylation sites (tertiary alicyclic amines) is 1. The minimum absolute atomic E-state index is 0.133. The Bertz CT molecular complexity index is 693. The lowest BCUT2D eigenvalue weighted by Crippen LogP contribution is -2.48. The maximum atomic E-state index is 14.8. The number of halogens is 1. The summed E-state index contributed by atoms with van der Waals surface area (Å²) in [4.78, 5) is 11.5. The average molecular weight is 433 g/mol. The van der Waals surface area contributed by atoms with E-state index in [0.29, 0.717) is 12.6 Å². The van der Waals surface area contributed by atoms with Gasteiger partial charge in [0.2, 0.25) is 0 Å². The van der Waals surface area contributed by atoms with Crippen LogP contribution in [0.1, 0.15) is 45.1 Å². The summed E-state index contributed by atoms with van der Waals surface area (Å²) < 4.78 is 14.8. The van der Waals surface area contributed by atoms with Gasteiger partial charge in [0, 0.05) is 58.9 Å². The van der Waals surface area contributed by atoms with Crippen LogP contribution in [-0.4, -0.2) is 81.2 Å². The van der Waals surface area contributed by atoms with Crippen LogP contribution in [0.2, 0.25) is 0 Å². The molecule has 174 valence electrons. The molecule has 0 bridgehead atoms. The van der Waals surface area contributed by atoms with Crippen LogP contribution < -0.4 is 15.5 Å². The summed E-state index contributed by atoms with van der Waals surface area (Å²) in [5, 5.41) is 6.90. The molecular formula is C24H41FN6. The molecule has 2 saturated heterocycles. The monoisotopic (exact) mass is 432 g/mol. The van der Waals surface area contributed by atoms with Crippen molar-refractivity contribution in [2.75, 3.05) is 64.3 Å². The number of rotatable bonds is 8. The number of hydrogen-bond donors (Lipinski definition) is 2. The van der Waals surface area contributed by atoms with E-state index in [1.807, 2.05) is 12.1 Å². The molecule has 3 rings (SSSR count). The second-order valence-electron chi connectivity index (χ2n) is 8.75. The average Bonchev–Trinajstić information content (AvgIpc) is 2.81.